The molecule has 1 aliphatic heterocycles. The highest BCUT2D eigenvalue weighted by molar-refractivity contribution is 5.84. The molecule has 1 aromatic carbocycles. The summed E-state index contributed by atoms with van der Waals surface area (Å²) in [5, 5.41) is 9.09. The van der Waals surface area contributed by atoms with Gasteiger partial charge in [-0.15, -0.1) is 0 Å². The van der Waals surface area contributed by atoms with Gasteiger partial charge >= 0.3 is 0 Å². The van der Waals surface area contributed by atoms with Gasteiger partial charge in [0.15, 0.2) is 0 Å². The number of Topliss-reactive ketones (excluding diaryl/α,β-unsaturated/α-hetero) is 1. The molecule has 1 heterocycles. The number of ketones is 1. The monoisotopic (exact) mass is 247 g/mol. The van der Waals surface area contributed by atoms with Gasteiger partial charge in [0.05, 0.1) is 6.07 Å². The summed E-state index contributed by atoms with van der Waals surface area (Å²) in [5.74, 6) is 0.175. The van der Waals surface area contributed by atoms with Crippen LogP contribution in [0.4, 0.5) is 4.39 Å². The highest BCUT2D eigenvalue weighted by atomic mass is 19.1. The largest absolute Gasteiger partial charge is 0.490 e. The molecule has 1 aromatic rings. The number of halogens is 1. The molecular formula is C14H14FNO2. The van der Waals surface area contributed by atoms with Gasteiger partial charge in [0, 0.05) is 18.4 Å². The molecule has 0 fully saturated rings. The maximum Gasteiger partial charge on any atom is 0.149 e. The molecule has 0 saturated heterocycles. The first-order chi connectivity index (χ1) is 8.44. The van der Waals surface area contributed by atoms with Gasteiger partial charge in [-0.05, 0) is 32.0 Å². The summed E-state index contributed by atoms with van der Waals surface area (Å²) in [6.45, 7) is 3.02. The number of hydrogen-bond donors (Lipinski definition) is 0. The number of ether oxygens (including phenoxy) is 1. The van der Waals surface area contributed by atoms with Gasteiger partial charge in [-0.25, -0.2) is 4.39 Å². The van der Waals surface area contributed by atoms with Crippen molar-refractivity contribution in [1.29, 1.82) is 5.26 Å². The van der Waals surface area contributed by atoms with Crippen LogP contribution in [0.5, 0.6) is 5.75 Å². The fraction of sp³-hybridized carbons (Fsp3) is 0.429. The zero-order valence-corrected chi connectivity index (χ0v) is 10.4. The standard InChI is InChI=1S/C14H14FNO2/c1-9(17)14(2,8-16)7-12-6-10-5-11(15)3-4-13(10)18-12/h3-5,12H,6-7H2,1-2H3. The van der Waals surface area contributed by atoms with Crippen LogP contribution in [-0.4, -0.2) is 11.9 Å². The zero-order chi connectivity index (χ0) is 13.3. The van der Waals surface area contributed by atoms with Crippen LogP contribution in [0.3, 0.4) is 0 Å². The Morgan fingerprint density at radius 2 is 2.39 bits per heavy atom. The number of benzene rings is 1. The topological polar surface area (TPSA) is 50.1 Å². The van der Waals surface area contributed by atoms with Crippen LogP contribution in [0.15, 0.2) is 18.2 Å². The van der Waals surface area contributed by atoms with Crippen molar-refractivity contribution in [2.75, 3.05) is 0 Å². The Hall–Kier alpha value is -1.89. The average Bonchev–Trinajstić information content (AvgIpc) is 2.69. The SMILES string of the molecule is CC(=O)C(C)(C#N)CC1Cc2cc(F)ccc2O1. The highest BCUT2D eigenvalue weighted by Gasteiger charge is 2.36. The van der Waals surface area contributed by atoms with E-state index in [4.69, 9.17) is 10.00 Å². The van der Waals surface area contributed by atoms with E-state index in [-0.39, 0.29) is 17.7 Å². The molecule has 0 amide bonds. The van der Waals surface area contributed by atoms with Crippen molar-refractivity contribution in [3.63, 3.8) is 0 Å². The van der Waals surface area contributed by atoms with E-state index in [1.807, 2.05) is 6.07 Å². The number of nitriles is 1. The molecule has 0 N–H and O–H groups in total. The first kappa shape index (κ1) is 12.6. The van der Waals surface area contributed by atoms with Gasteiger partial charge in [-0.2, -0.15) is 5.26 Å². The second-order valence-electron chi connectivity index (χ2n) is 4.90. The van der Waals surface area contributed by atoms with Crippen molar-refractivity contribution >= 4 is 5.78 Å². The molecular weight excluding hydrogens is 233 g/mol. The normalized spacial score (nSPS) is 20.4. The molecule has 0 aromatic heterocycles. The maximum absolute atomic E-state index is 13.1. The molecule has 0 radical (unpaired) electrons. The highest BCUT2D eigenvalue weighted by Crippen LogP contribution is 2.35. The fourth-order valence-electron chi connectivity index (χ4n) is 2.13. The Bertz CT molecular complexity index is 535. The molecule has 18 heavy (non-hydrogen) atoms. The van der Waals surface area contributed by atoms with Crippen LogP contribution in [0.1, 0.15) is 25.8 Å². The lowest BCUT2D eigenvalue weighted by molar-refractivity contribution is -0.124. The van der Waals surface area contributed by atoms with E-state index < -0.39 is 5.41 Å². The number of hydrogen-bond acceptors (Lipinski definition) is 3. The lowest BCUT2D eigenvalue weighted by Gasteiger charge is -2.21. The first-order valence-electron chi connectivity index (χ1n) is 5.82. The molecule has 4 heteroatoms. The minimum absolute atomic E-state index is 0.171. The lowest BCUT2D eigenvalue weighted by Crippen LogP contribution is -2.30. The van der Waals surface area contributed by atoms with Crippen molar-refractivity contribution in [1.82, 2.24) is 0 Å². The number of rotatable bonds is 3. The quantitative estimate of drug-likeness (QED) is 0.825. The smallest absolute Gasteiger partial charge is 0.149 e. The van der Waals surface area contributed by atoms with Gasteiger partial charge in [0.1, 0.15) is 28.9 Å². The first-order valence-corrected chi connectivity index (χ1v) is 5.82. The Morgan fingerprint density at radius 1 is 1.67 bits per heavy atom. The second-order valence-corrected chi connectivity index (χ2v) is 4.90. The van der Waals surface area contributed by atoms with Crippen LogP contribution < -0.4 is 4.74 Å². The molecule has 0 aliphatic carbocycles. The summed E-state index contributed by atoms with van der Waals surface area (Å²) in [6.07, 6.45) is 0.627. The Labute approximate surface area is 105 Å². The molecule has 3 nitrogen and oxygen atoms in total. The number of fused-ring (bicyclic) bond motifs is 1. The Balaban J connectivity index is 2.13. The van der Waals surface area contributed by atoms with Crippen LogP contribution in [0.2, 0.25) is 0 Å². The van der Waals surface area contributed by atoms with Gasteiger partial charge in [-0.1, -0.05) is 0 Å². The summed E-state index contributed by atoms with van der Waals surface area (Å²) < 4.78 is 18.7. The Kier molecular flexibility index (Phi) is 3.08. The van der Waals surface area contributed by atoms with Crippen LogP contribution in [0, 0.1) is 22.6 Å². The van der Waals surface area contributed by atoms with Crippen LogP contribution >= 0.6 is 0 Å². The average molecular weight is 247 g/mol. The molecule has 2 unspecified atom stereocenters. The number of carbonyl (C=O) groups excluding carboxylic acids is 1. The lowest BCUT2D eigenvalue weighted by atomic mass is 9.81. The predicted octanol–water partition coefficient (Wildman–Crippen LogP) is 2.64. The minimum atomic E-state index is -1.04. The summed E-state index contributed by atoms with van der Waals surface area (Å²) in [5.41, 5.74) is -0.241. The minimum Gasteiger partial charge on any atom is -0.490 e. The third kappa shape index (κ3) is 2.21. The fourth-order valence-corrected chi connectivity index (χ4v) is 2.13. The third-order valence-electron chi connectivity index (χ3n) is 3.42. The molecule has 0 bridgehead atoms. The van der Waals surface area contributed by atoms with Gasteiger partial charge in [0.2, 0.25) is 0 Å². The van der Waals surface area contributed by atoms with E-state index in [9.17, 15) is 9.18 Å². The molecule has 94 valence electrons. The summed E-state index contributed by atoms with van der Waals surface area (Å²) >= 11 is 0. The zero-order valence-electron chi connectivity index (χ0n) is 10.4. The third-order valence-corrected chi connectivity index (χ3v) is 3.42. The van der Waals surface area contributed by atoms with Crippen molar-refractivity contribution in [3.05, 3.63) is 29.6 Å². The predicted molar refractivity (Wildman–Crippen MR) is 63.5 cm³/mol. The molecule has 2 rings (SSSR count). The van der Waals surface area contributed by atoms with E-state index in [1.54, 1.807) is 13.0 Å². The van der Waals surface area contributed by atoms with E-state index in [1.165, 1.54) is 19.1 Å². The van der Waals surface area contributed by atoms with E-state index >= 15 is 0 Å². The van der Waals surface area contributed by atoms with Crippen molar-refractivity contribution in [3.8, 4) is 11.8 Å². The van der Waals surface area contributed by atoms with E-state index in [0.717, 1.165) is 5.56 Å². The molecule has 1 aliphatic rings. The van der Waals surface area contributed by atoms with Gasteiger partial charge < -0.3 is 4.74 Å². The molecule has 2 atom stereocenters. The summed E-state index contributed by atoms with van der Waals surface area (Å²) in [6, 6.07) is 6.41. The van der Waals surface area contributed by atoms with Crippen molar-refractivity contribution in [2.45, 2.75) is 32.8 Å². The van der Waals surface area contributed by atoms with Crippen molar-refractivity contribution in [2.24, 2.45) is 5.41 Å². The summed E-state index contributed by atoms with van der Waals surface area (Å²) in [7, 11) is 0. The maximum atomic E-state index is 13.1. The molecule has 0 spiro atoms. The van der Waals surface area contributed by atoms with E-state index in [2.05, 4.69) is 0 Å². The van der Waals surface area contributed by atoms with Crippen LogP contribution in [-0.2, 0) is 11.2 Å². The summed E-state index contributed by atoms with van der Waals surface area (Å²) in [4.78, 5) is 11.5. The van der Waals surface area contributed by atoms with Gasteiger partial charge in [-0.3, -0.25) is 4.79 Å². The van der Waals surface area contributed by atoms with Crippen LogP contribution in [0.25, 0.3) is 0 Å². The molecule has 0 saturated carbocycles. The Morgan fingerprint density at radius 3 is 3.00 bits per heavy atom. The van der Waals surface area contributed by atoms with E-state index in [0.29, 0.717) is 18.6 Å². The van der Waals surface area contributed by atoms with Gasteiger partial charge in [0.25, 0.3) is 0 Å². The number of nitrogens with zero attached hydrogens (tertiary/aromatic N) is 1. The van der Waals surface area contributed by atoms with Crippen molar-refractivity contribution < 1.29 is 13.9 Å². The number of carbonyl (C=O) groups is 1. The second kappa shape index (κ2) is 4.41.